The molecule has 0 bridgehead atoms. The summed E-state index contributed by atoms with van der Waals surface area (Å²) in [6, 6.07) is 3.35. The molecular weight excluding hydrogens is 352 g/mol. The summed E-state index contributed by atoms with van der Waals surface area (Å²) in [5.41, 5.74) is 0.0463. The summed E-state index contributed by atoms with van der Waals surface area (Å²) in [5.74, 6) is -2.29. The molecule has 1 atom stereocenters. The minimum absolute atomic E-state index is 0.0463. The third-order valence-corrected chi connectivity index (χ3v) is 3.75. The third-order valence-electron chi connectivity index (χ3n) is 2.33. The minimum Gasteiger partial charge on any atom is -0.480 e. The number of rotatable bonds is 6. The summed E-state index contributed by atoms with van der Waals surface area (Å²) in [5, 5.41) is 11.2. The van der Waals surface area contributed by atoms with Crippen molar-refractivity contribution < 1.29 is 23.1 Å². The molecule has 20 heavy (non-hydrogen) atoms. The molecule has 9 heteroatoms. The number of aliphatic carboxylic acids is 1. The van der Waals surface area contributed by atoms with E-state index in [1.165, 1.54) is 6.07 Å². The van der Waals surface area contributed by atoms with E-state index < -0.39 is 27.8 Å². The van der Waals surface area contributed by atoms with Gasteiger partial charge in [-0.15, -0.1) is 0 Å². The van der Waals surface area contributed by atoms with Gasteiger partial charge in [0.1, 0.15) is 26.2 Å². The molecule has 0 aliphatic rings. The number of sulfone groups is 1. The Morgan fingerprint density at radius 2 is 2.10 bits per heavy atom. The first-order valence-corrected chi connectivity index (χ1v) is 8.38. The molecule has 110 valence electrons. The lowest BCUT2D eigenvalue weighted by Crippen LogP contribution is -2.42. The van der Waals surface area contributed by atoms with Crippen molar-refractivity contribution in [3.05, 3.63) is 28.5 Å². The van der Waals surface area contributed by atoms with Gasteiger partial charge < -0.3 is 10.4 Å². The number of nitrogens with one attached hydrogen (secondary N) is 1. The lowest BCUT2D eigenvalue weighted by molar-refractivity contribution is -0.139. The van der Waals surface area contributed by atoms with Crippen molar-refractivity contribution >= 4 is 37.6 Å². The average molecular weight is 365 g/mol. The lowest BCUT2D eigenvalue weighted by Gasteiger charge is -2.13. The molecule has 0 radical (unpaired) electrons. The van der Waals surface area contributed by atoms with Crippen LogP contribution in [0.3, 0.4) is 0 Å². The number of carbonyl (C=O) groups excluding carboxylic acids is 1. The summed E-state index contributed by atoms with van der Waals surface area (Å²) in [6.07, 6.45) is 0.803. The molecule has 1 unspecified atom stereocenters. The summed E-state index contributed by atoms with van der Waals surface area (Å²) in [6.45, 7) is 0. The van der Waals surface area contributed by atoms with Gasteiger partial charge in [-0.25, -0.2) is 18.2 Å². The molecule has 0 fully saturated rings. The molecule has 0 aliphatic heterocycles. The number of halogens is 1. The Morgan fingerprint density at radius 1 is 1.45 bits per heavy atom. The molecular formula is C11H13BrN2O5S. The molecule has 7 nitrogen and oxygen atoms in total. The molecule has 1 aromatic rings. The van der Waals surface area contributed by atoms with E-state index in [2.05, 4.69) is 26.2 Å². The Balaban J connectivity index is 2.75. The smallest absolute Gasteiger partial charge is 0.326 e. The normalized spacial score (nSPS) is 12.7. The van der Waals surface area contributed by atoms with Crippen LogP contribution in [0.1, 0.15) is 16.9 Å². The highest BCUT2D eigenvalue weighted by atomic mass is 79.9. The number of aromatic nitrogens is 1. The van der Waals surface area contributed by atoms with Gasteiger partial charge in [0, 0.05) is 6.26 Å². The SMILES string of the molecule is CS(=O)(=O)CCC(NC(=O)c1cccc(Br)n1)C(=O)O. The maximum absolute atomic E-state index is 11.8. The molecule has 0 saturated heterocycles. The summed E-state index contributed by atoms with van der Waals surface area (Å²) < 4.78 is 22.5. The monoisotopic (exact) mass is 364 g/mol. The van der Waals surface area contributed by atoms with E-state index in [1.54, 1.807) is 12.1 Å². The number of carboxylic acid groups (broad SMARTS) is 1. The molecule has 0 aliphatic carbocycles. The van der Waals surface area contributed by atoms with Crippen molar-refractivity contribution in [3.8, 4) is 0 Å². The first kappa shape index (κ1) is 16.6. The largest absolute Gasteiger partial charge is 0.480 e. The van der Waals surface area contributed by atoms with Crippen LogP contribution in [0.15, 0.2) is 22.8 Å². The molecule has 1 amide bonds. The number of hydrogen-bond donors (Lipinski definition) is 2. The van der Waals surface area contributed by atoms with Gasteiger partial charge in [0.25, 0.3) is 5.91 Å². The zero-order valence-electron chi connectivity index (χ0n) is 10.5. The Labute approximate surface area is 124 Å². The second-order valence-electron chi connectivity index (χ2n) is 4.13. The summed E-state index contributed by atoms with van der Waals surface area (Å²) >= 11 is 3.10. The lowest BCUT2D eigenvalue weighted by atomic mass is 10.2. The van der Waals surface area contributed by atoms with Gasteiger partial charge in [0.05, 0.1) is 5.75 Å². The van der Waals surface area contributed by atoms with Crippen molar-refractivity contribution in [1.29, 1.82) is 0 Å². The number of amides is 1. The fourth-order valence-electron chi connectivity index (χ4n) is 1.36. The van der Waals surface area contributed by atoms with Gasteiger partial charge in [-0.05, 0) is 34.5 Å². The number of pyridine rings is 1. The number of nitrogens with zero attached hydrogens (tertiary/aromatic N) is 1. The van der Waals surface area contributed by atoms with Gasteiger partial charge in [-0.2, -0.15) is 0 Å². The van der Waals surface area contributed by atoms with Crippen LogP contribution in [-0.4, -0.2) is 48.4 Å². The Morgan fingerprint density at radius 3 is 2.60 bits per heavy atom. The molecule has 1 heterocycles. The Bertz CT molecular complexity index is 617. The van der Waals surface area contributed by atoms with Crippen molar-refractivity contribution in [2.24, 2.45) is 0 Å². The molecule has 0 spiro atoms. The van der Waals surface area contributed by atoms with Crippen LogP contribution < -0.4 is 5.32 Å². The second-order valence-corrected chi connectivity index (χ2v) is 7.20. The van der Waals surface area contributed by atoms with E-state index in [-0.39, 0.29) is 17.9 Å². The zero-order valence-corrected chi connectivity index (χ0v) is 12.9. The van der Waals surface area contributed by atoms with Gasteiger partial charge >= 0.3 is 5.97 Å². The van der Waals surface area contributed by atoms with Crippen LogP contribution in [0.2, 0.25) is 0 Å². The van der Waals surface area contributed by atoms with E-state index in [0.717, 1.165) is 6.26 Å². The predicted octanol–water partition coefficient (Wildman–Crippen LogP) is 0.462. The first-order valence-electron chi connectivity index (χ1n) is 5.53. The van der Waals surface area contributed by atoms with E-state index in [1.807, 2.05) is 0 Å². The highest BCUT2D eigenvalue weighted by Gasteiger charge is 2.22. The van der Waals surface area contributed by atoms with Crippen molar-refractivity contribution in [2.75, 3.05) is 12.0 Å². The van der Waals surface area contributed by atoms with Gasteiger partial charge in [-0.1, -0.05) is 6.07 Å². The summed E-state index contributed by atoms with van der Waals surface area (Å²) in [4.78, 5) is 26.7. The van der Waals surface area contributed by atoms with Crippen LogP contribution in [0.5, 0.6) is 0 Å². The average Bonchev–Trinajstić information content (AvgIpc) is 2.32. The number of carboxylic acids is 1. The third kappa shape index (κ3) is 5.66. The maximum atomic E-state index is 11.8. The van der Waals surface area contributed by atoms with Crippen molar-refractivity contribution in [2.45, 2.75) is 12.5 Å². The first-order chi connectivity index (χ1) is 9.19. The van der Waals surface area contributed by atoms with Crippen LogP contribution in [0.4, 0.5) is 0 Å². The van der Waals surface area contributed by atoms with Crippen molar-refractivity contribution in [1.82, 2.24) is 10.3 Å². The zero-order chi connectivity index (χ0) is 15.3. The Hall–Kier alpha value is -1.48. The van der Waals surface area contributed by atoms with Crippen LogP contribution >= 0.6 is 15.9 Å². The molecule has 2 N–H and O–H groups in total. The minimum atomic E-state index is -3.30. The molecule has 1 aromatic heterocycles. The number of carbonyl (C=O) groups is 2. The van der Waals surface area contributed by atoms with E-state index in [0.29, 0.717) is 4.60 Å². The standard InChI is InChI=1S/C11H13BrN2O5S/c1-20(18,19)6-5-8(11(16)17)14-10(15)7-3-2-4-9(12)13-7/h2-4,8H,5-6H2,1H3,(H,14,15)(H,16,17). The van der Waals surface area contributed by atoms with Crippen LogP contribution in [-0.2, 0) is 14.6 Å². The van der Waals surface area contributed by atoms with E-state index in [9.17, 15) is 18.0 Å². The van der Waals surface area contributed by atoms with E-state index in [4.69, 9.17) is 5.11 Å². The van der Waals surface area contributed by atoms with Gasteiger partial charge in [-0.3, -0.25) is 4.79 Å². The van der Waals surface area contributed by atoms with Crippen LogP contribution in [0.25, 0.3) is 0 Å². The molecule has 1 rings (SSSR count). The second kappa shape index (κ2) is 6.80. The van der Waals surface area contributed by atoms with Gasteiger partial charge in [0.2, 0.25) is 0 Å². The number of hydrogen-bond acceptors (Lipinski definition) is 5. The summed E-state index contributed by atoms with van der Waals surface area (Å²) in [7, 11) is -3.30. The highest BCUT2D eigenvalue weighted by Crippen LogP contribution is 2.07. The van der Waals surface area contributed by atoms with E-state index >= 15 is 0 Å². The van der Waals surface area contributed by atoms with Crippen molar-refractivity contribution in [3.63, 3.8) is 0 Å². The predicted molar refractivity (Wildman–Crippen MR) is 75.2 cm³/mol. The quantitative estimate of drug-likeness (QED) is 0.709. The van der Waals surface area contributed by atoms with Crippen LogP contribution in [0, 0.1) is 0 Å². The molecule has 0 aromatic carbocycles. The fourth-order valence-corrected chi connectivity index (χ4v) is 2.36. The highest BCUT2D eigenvalue weighted by molar-refractivity contribution is 9.10. The maximum Gasteiger partial charge on any atom is 0.326 e. The Kier molecular flexibility index (Phi) is 5.63. The topological polar surface area (TPSA) is 113 Å². The molecule has 0 saturated carbocycles. The fraction of sp³-hybridized carbons (Fsp3) is 0.364. The van der Waals surface area contributed by atoms with Gasteiger partial charge in [0.15, 0.2) is 0 Å².